The molecule has 122 valence electrons. The Labute approximate surface area is 136 Å². The van der Waals surface area contributed by atoms with Crippen LogP contribution in [0.4, 0.5) is 0 Å². The van der Waals surface area contributed by atoms with Gasteiger partial charge in [-0.05, 0) is 37.8 Å². The number of fused-ring (bicyclic) bond motifs is 3. The van der Waals surface area contributed by atoms with E-state index >= 15 is 0 Å². The minimum atomic E-state index is -0.199. The van der Waals surface area contributed by atoms with Crippen LogP contribution in [0.15, 0.2) is 27.1 Å². The minimum absolute atomic E-state index is 0.0647. The SMILES string of the molecule is Cc1cc2n(c(=O)c1CO)CC1=C(N3CCCCC3)CCN=C12. The number of piperidine rings is 1. The first-order valence-electron chi connectivity index (χ1n) is 8.57. The number of pyridine rings is 1. The number of dihydropyridines is 1. The van der Waals surface area contributed by atoms with Gasteiger partial charge in [0.15, 0.2) is 0 Å². The Morgan fingerprint density at radius 3 is 2.78 bits per heavy atom. The fraction of sp³-hybridized carbons (Fsp3) is 0.556. The van der Waals surface area contributed by atoms with Gasteiger partial charge in [0.05, 0.1) is 24.6 Å². The first-order valence-corrected chi connectivity index (χ1v) is 8.57. The van der Waals surface area contributed by atoms with E-state index in [0.717, 1.165) is 43.0 Å². The summed E-state index contributed by atoms with van der Waals surface area (Å²) in [5.41, 5.74) is 5.84. The van der Waals surface area contributed by atoms with E-state index < -0.39 is 0 Å². The second-order valence-corrected chi connectivity index (χ2v) is 6.69. The summed E-state index contributed by atoms with van der Waals surface area (Å²) in [6, 6.07) is 2.01. The number of rotatable bonds is 2. The maximum atomic E-state index is 12.7. The Bertz CT molecular complexity index is 767. The van der Waals surface area contributed by atoms with Crippen LogP contribution in [0, 0.1) is 6.92 Å². The molecule has 0 aromatic carbocycles. The molecule has 0 radical (unpaired) electrons. The molecular formula is C18H23N3O2. The molecule has 0 spiro atoms. The maximum absolute atomic E-state index is 12.7. The first-order chi connectivity index (χ1) is 11.2. The number of hydrogen-bond acceptors (Lipinski definition) is 4. The van der Waals surface area contributed by atoms with Crippen molar-refractivity contribution in [3.05, 3.63) is 44.5 Å². The van der Waals surface area contributed by atoms with Gasteiger partial charge in [0.25, 0.3) is 5.56 Å². The highest BCUT2D eigenvalue weighted by Crippen LogP contribution is 2.31. The smallest absolute Gasteiger partial charge is 0.257 e. The molecule has 1 N–H and O–H groups in total. The summed E-state index contributed by atoms with van der Waals surface area (Å²) < 4.78 is 1.79. The van der Waals surface area contributed by atoms with Crippen LogP contribution in [-0.2, 0) is 13.2 Å². The van der Waals surface area contributed by atoms with E-state index in [-0.39, 0.29) is 12.2 Å². The highest BCUT2D eigenvalue weighted by Gasteiger charge is 2.32. The maximum Gasteiger partial charge on any atom is 0.257 e. The molecular weight excluding hydrogens is 290 g/mol. The lowest BCUT2D eigenvalue weighted by atomic mass is 10.00. The molecule has 0 aliphatic carbocycles. The molecule has 23 heavy (non-hydrogen) atoms. The number of aliphatic hydroxyl groups excluding tert-OH is 1. The standard InChI is InChI=1S/C18H23N3O2/c1-12-9-16-17-13(10-21(16)18(23)14(12)11-22)15(5-6-19-17)20-7-3-2-4-8-20/h9,22H,2-8,10-11H2,1H3. The number of hydrogen-bond donors (Lipinski definition) is 1. The van der Waals surface area contributed by atoms with Crippen molar-refractivity contribution in [3.63, 3.8) is 0 Å². The van der Waals surface area contributed by atoms with Crippen molar-refractivity contribution in [2.75, 3.05) is 19.6 Å². The van der Waals surface area contributed by atoms with E-state index in [1.165, 1.54) is 30.5 Å². The summed E-state index contributed by atoms with van der Waals surface area (Å²) in [4.78, 5) is 19.9. The van der Waals surface area contributed by atoms with E-state index in [1.54, 1.807) is 4.57 Å². The van der Waals surface area contributed by atoms with Gasteiger partial charge < -0.3 is 14.6 Å². The van der Waals surface area contributed by atoms with Gasteiger partial charge in [-0.2, -0.15) is 0 Å². The largest absolute Gasteiger partial charge is 0.391 e. The zero-order valence-electron chi connectivity index (χ0n) is 13.6. The van der Waals surface area contributed by atoms with E-state index in [0.29, 0.717) is 12.1 Å². The van der Waals surface area contributed by atoms with Crippen molar-refractivity contribution in [1.82, 2.24) is 9.47 Å². The van der Waals surface area contributed by atoms with E-state index in [4.69, 9.17) is 4.99 Å². The van der Waals surface area contributed by atoms with Gasteiger partial charge in [-0.3, -0.25) is 9.79 Å². The first kappa shape index (κ1) is 14.7. The third kappa shape index (κ3) is 2.26. The van der Waals surface area contributed by atoms with Crippen LogP contribution in [0.3, 0.4) is 0 Å². The number of aromatic nitrogens is 1. The molecule has 1 saturated heterocycles. The minimum Gasteiger partial charge on any atom is -0.391 e. The molecule has 1 aromatic rings. The predicted molar refractivity (Wildman–Crippen MR) is 89.8 cm³/mol. The Morgan fingerprint density at radius 2 is 2.04 bits per heavy atom. The molecule has 4 heterocycles. The van der Waals surface area contributed by atoms with Gasteiger partial charge in [-0.15, -0.1) is 0 Å². The van der Waals surface area contributed by atoms with Gasteiger partial charge in [0.1, 0.15) is 0 Å². The molecule has 3 aliphatic heterocycles. The average Bonchev–Trinajstić information content (AvgIpc) is 2.95. The second kappa shape index (κ2) is 5.64. The monoisotopic (exact) mass is 313 g/mol. The highest BCUT2D eigenvalue weighted by atomic mass is 16.3. The average molecular weight is 313 g/mol. The zero-order chi connectivity index (χ0) is 16.0. The highest BCUT2D eigenvalue weighted by molar-refractivity contribution is 6.14. The van der Waals surface area contributed by atoms with Crippen LogP contribution in [0.5, 0.6) is 0 Å². The predicted octanol–water partition coefficient (Wildman–Crippen LogP) is 1.60. The van der Waals surface area contributed by atoms with Crippen molar-refractivity contribution in [2.45, 2.75) is 45.8 Å². The van der Waals surface area contributed by atoms with Gasteiger partial charge in [-0.25, -0.2) is 0 Å². The molecule has 0 bridgehead atoms. The number of allylic oxidation sites excluding steroid dienone is 1. The zero-order valence-corrected chi connectivity index (χ0v) is 13.6. The molecule has 0 saturated carbocycles. The van der Waals surface area contributed by atoms with Crippen LogP contribution in [0.25, 0.3) is 0 Å². The van der Waals surface area contributed by atoms with Crippen LogP contribution in [0.2, 0.25) is 0 Å². The van der Waals surface area contributed by atoms with E-state index in [9.17, 15) is 9.90 Å². The number of aryl methyl sites for hydroxylation is 1. The van der Waals surface area contributed by atoms with E-state index in [1.807, 2.05) is 13.0 Å². The normalized spacial score (nSPS) is 20.4. The number of nitrogens with zero attached hydrogens (tertiary/aromatic N) is 3. The van der Waals surface area contributed by atoms with Gasteiger partial charge in [0, 0.05) is 42.9 Å². The lowest BCUT2D eigenvalue weighted by Crippen LogP contribution is -2.32. The topological polar surface area (TPSA) is 57.8 Å². The van der Waals surface area contributed by atoms with Crippen LogP contribution in [0.1, 0.15) is 42.5 Å². The van der Waals surface area contributed by atoms with Crippen LogP contribution >= 0.6 is 0 Å². The van der Waals surface area contributed by atoms with Crippen molar-refractivity contribution in [2.24, 2.45) is 4.99 Å². The fourth-order valence-electron chi connectivity index (χ4n) is 4.09. The molecule has 0 amide bonds. The molecule has 5 nitrogen and oxygen atoms in total. The summed E-state index contributed by atoms with van der Waals surface area (Å²) in [5, 5.41) is 9.48. The Morgan fingerprint density at radius 1 is 1.26 bits per heavy atom. The molecule has 3 aliphatic rings. The third-order valence-electron chi connectivity index (χ3n) is 5.33. The fourth-order valence-corrected chi connectivity index (χ4v) is 4.09. The quantitative estimate of drug-likeness (QED) is 0.902. The van der Waals surface area contributed by atoms with Crippen LogP contribution < -0.4 is 5.56 Å². The lowest BCUT2D eigenvalue weighted by Gasteiger charge is -2.33. The Kier molecular flexibility index (Phi) is 3.60. The van der Waals surface area contributed by atoms with Crippen molar-refractivity contribution in [3.8, 4) is 0 Å². The summed E-state index contributed by atoms with van der Waals surface area (Å²) in [5.74, 6) is 0. The summed E-state index contributed by atoms with van der Waals surface area (Å²) in [7, 11) is 0. The molecule has 0 unspecified atom stereocenters. The van der Waals surface area contributed by atoms with Crippen molar-refractivity contribution in [1.29, 1.82) is 0 Å². The lowest BCUT2D eigenvalue weighted by molar-refractivity contribution is 0.274. The van der Waals surface area contributed by atoms with Crippen molar-refractivity contribution >= 4 is 5.71 Å². The second-order valence-electron chi connectivity index (χ2n) is 6.69. The van der Waals surface area contributed by atoms with E-state index in [2.05, 4.69) is 4.90 Å². The summed E-state index contributed by atoms with van der Waals surface area (Å²) >= 11 is 0. The molecule has 1 aromatic heterocycles. The third-order valence-corrected chi connectivity index (χ3v) is 5.33. The van der Waals surface area contributed by atoms with Gasteiger partial charge in [-0.1, -0.05) is 0 Å². The number of aliphatic imine (C=N–C) groups is 1. The summed E-state index contributed by atoms with van der Waals surface area (Å²) in [6.45, 7) is 5.35. The van der Waals surface area contributed by atoms with Gasteiger partial charge >= 0.3 is 0 Å². The van der Waals surface area contributed by atoms with Crippen molar-refractivity contribution < 1.29 is 5.11 Å². The Balaban J connectivity index is 1.82. The molecule has 4 rings (SSSR count). The summed E-state index contributed by atoms with van der Waals surface area (Å²) in [6.07, 6.45) is 4.81. The number of aliphatic hydroxyl groups is 1. The molecule has 1 fully saturated rings. The number of likely N-dealkylation sites (tertiary alicyclic amines) is 1. The molecule has 5 heteroatoms. The Hall–Kier alpha value is -1.88. The van der Waals surface area contributed by atoms with Gasteiger partial charge in [0.2, 0.25) is 0 Å². The molecule has 0 atom stereocenters. The van der Waals surface area contributed by atoms with Crippen LogP contribution in [-0.4, -0.2) is 39.9 Å².